The molecule has 0 saturated heterocycles. The zero-order valence-electron chi connectivity index (χ0n) is 36.1. The van der Waals surface area contributed by atoms with E-state index in [0.29, 0.717) is 5.56 Å². The van der Waals surface area contributed by atoms with Gasteiger partial charge < -0.3 is 4.57 Å². The summed E-state index contributed by atoms with van der Waals surface area (Å²) < 4.78 is 65.2. The number of imidazole rings is 1. The van der Waals surface area contributed by atoms with Gasteiger partial charge in [-0.2, -0.15) is 11.3 Å². The summed E-state index contributed by atoms with van der Waals surface area (Å²) in [6.07, 6.45) is 0. The van der Waals surface area contributed by atoms with Gasteiger partial charge in [-0.25, -0.2) is 8.78 Å². The van der Waals surface area contributed by atoms with Crippen LogP contribution >= 0.6 is 11.3 Å². The van der Waals surface area contributed by atoms with E-state index in [4.69, 9.17) is 10.5 Å². The average Bonchev–Trinajstić information content (AvgIpc) is 3.79. The van der Waals surface area contributed by atoms with Gasteiger partial charge in [0, 0.05) is 10.4 Å². The Hall–Kier alpha value is -4.72. The molecule has 0 aliphatic rings. The van der Waals surface area contributed by atoms with Crippen LogP contribution in [0.3, 0.4) is 0 Å². The molecule has 0 atom stereocenters. The summed E-state index contributed by atoms with van der Waals surface area (Å²) >= 11 is -0.521. The second-order valence-electron chi connectivity index (χ2n) is 15.0. The van der Waals surface area contributed by atoms with Gasteiger partial charge in [0.25, 0.3) is 0 Å². The Morgan fingerprint density at radius 3 is 2.21 bits per heavy atom. The maximum absolute atomic E-state index is 14.5. The van der Waals surface area contributed by atoms with E-state index in [1.807, 2.05) is 86.6 Å². The van der Waals surface area contributed by atoms with E-state index >= 15 is 0 Å². The number of nitrogens with zero attached hydrogens (tertiary/aromatic N) is 2. The Balaban J connectivity index is 0.000000197. The molecule has 0 radical (unpaired) electrons. The van der Waals surface area contributed by atoms with Crippen molar-refractivity contribution in [2.75, 3.05) is 0 Å². The van der Waals surface area contributed by atoms with Crippen LogP contribution in [0.4, 0.5) is 8.78 Å². The van der Waals surface area contributed by atoms with Gasteiger partial charge in [0.15, 0.2) is 0 Å². The van der Waals surface area contributed by atoms with E-state index in [2.05, 4.69) is 58.2 Å². The van der Waals surface area contributed by atoms with E-state index in [9.17, 15) is 8.78 Å². The van der Waals surface area contributed by atoms with Gasteiger partial charge in [0.05, 0.1) is 22.4 Å². The molecular formula is C50H41F2GeIrN2S. The SMILES string of the molecule is Fc1cccc(F)c1-c1ccc2c(c1)sc1c(-c3nc4ccccc4n3-c3ccccc3)[c-]ccc12.[2H]C([2H])([2H])c1c[c-]c(-c2[c-]c[c]([Ge]([CH3])([CH3])[CH3])c(C([2H])(C)C)c2)cc1.[Ir+3]. The standard InChI is InChI=1S/C31H17F2N2S.C19H24Ge.Ir/c32-24-12-7-13-25(33)29(24)19-16-17-21-22-10-6-11-23(30(22)36-28(21)18-19)31-34-26-14-4-5-15-27(26)35(31)20-8-2-1-3-9-20;1-14(2)18-13-17(11-12-19(18)20(4,5)6)16-9-7-15(3)8-10-16;/h1-10,12-18H;7-9,12-14H,1-6H3;/q-1;-2;+3/i;3D3,14D;. The van der Waals surface area contributed by atoms with Crippen molar-refractivity contribution in [3.05, 3.63) is 174 Å². The van der Waals surface area contributed by atoms with Crippen LogP contribution in [0.5, 0.6) is 0 Å². The van der Waals surface area contributed by atoms with Crippen LogP contribution in [0, 0.1) is 36.7 Å². The van der Waals surface area contributed by atoms with Crippen molar-refractivity contribution in [3.63, 3.8) is 0 Å². The fraction of sp³-hybridized carbons (Fsp3) is 0.140. The van der Waals surface area contributed by atoms with E-state index in [-0.39, 0.29) is 31.2 Å². The third-order valence-corrected chi connectivity index (χ3v) is 15.3. The number of aromatic nitrogens is 2. The number of hydrogen-bond donors (Lipinski definition) is 0. The number of aryl methyl sites for hydroxylation is 1. The molecule has 0 bridgehead atoms. The van der Waals surface area contributed by atoms with Crippen LogP contribution in [0.2, 0.25) is 17.3 Å². The predicted molar refractivity (Wildman–Crippen MR) is 235 cm³/mol. The third-order valence-electron chi connectivity index (χ3n) is 9.88. The molecule has 0 N–H and O–H groups in total. The maximum atomic E-state index is 14.5. The zero-order chi connectivity index (χ0) is 42.6. The van der Waals surface area contributed by atoms with Crippen molar-refractivity contribution in [1.82, 2.24) is 9.55 Å². The topological polar surface area (TPSA) is 17.8 Å². The summed E-state index contributed by atoms with van der Waals surface area (Å²) in [6.45, 7) is 1.70. The number of para-hydroxylation sites is 3. The quantitative estimate of drug-likeness (QED) is 0.120. The molecular weight excluding hydrogens is 963 g/mol. The Kier molecular flexibility index (Phi) is 10.3. The van der Waals surface area contributed by atoms with E-state index in [1.165, 1.54) is 28.7 Å². The molecule has 2 aromatic heterocycles. The first-order valence-corrected chi connectivity index (χ1v) is 26.6. The van der Waals surface area contributed by atoms with Crippen molar-refractivity contribution in [2.45, 2.75) is 43.9 Å². The number of fused-ring (bicyclic) bond motifs is 4. The number of rotatable bonds is 6. The Labute approximate surface area is 359 Å². The smallest absolute Gasteiger partial charge is 3.00 e. The van der Waals surface area contributed by atoms with Gasteiger partial charge >= 0.3 is 152 Å². The van der Waals surface area contributed by atoms with Gasteiger partial charge in [-0.3, -0.25) is 4.98 Å². The van der Waals surface area contributed by atoms with E-state index in [1.54, 1.807) is 29.5 Å². The Bertz CT molecular complexity index is 3000. The predicted octanol–water partition coefficient (Wildman–Crippen LogP) is 13.7. The van der Waals surface area contributed by atoms with Crippen LogP contribution in [0.25, 0.3) is 70.5 Å². The first-order chi connectivity index (χ1) is 28.5. The molecule has 2 nitrogen and oxygen atoms in total. The number of halogens is 2. The fourth-order valence-electron chi connectivity index (χ4n) is 7.14. The molecule has 7 aromatic carbocycles. The minimum Gasteiger partial charge on any atom is 3.00 e. The summed E-state index contributed by atoms with van der Waals surface area (Å²) in [5.74, 6) is 5.93. The first kappa shape index (κ1) is 35.4. The number of thiophene rings is 1. The van der Waals surface area contributed by atoms with Crippen LogP contribution in [0.15, 0.2) is 133 Å². The molecule has 0 spiro atoms. The summed E-state index contributed by atoms with van der Waals surface area (Å²) in [7, 11) is 0. The van der Waals surface area contributed by atoms with E-state index in [0.717, 1.165) is 65.0 Å². The Morgan fingerprint density at radius 1 is 0.772 bits per heavy atom. The molecule has 57 heavy (non-hydrogen) atoms. The number of benzene rings is 7. The van der Waals surface area contributed by atoms with Crippen molar-refractivity contribution in [1.29, 1.82) is 0 Å². The number of hydrogen-bond acceptors (Lipinski definition) is 2. The monoisotopic (exact) mass is 1010 g/mol. The van der Waals surface area contributed by atoms with Gasteiger partial charge in [-0.15, -0.1) is 18.2 Å². The minimum absolute atomic E-state index is 0. The fourth-order valence-corrected chi connectivity index (χ4v) is 11.8. The third kappa shape index (κ3) is 8.06. The minimum atomic E-state index is -2.11. The summed E-state index contributed by atoms with van der Waals surface area (Å²) in [4.78, 5) is 5.01. The largest absolute Gasteiger partial charge is 3.00 e. The molecule has 0 fully saturated rings. The van der Waals surface area contributed by atoms with Crippen LogP contribution in [-0.4, -0.2) is 22.8 Å². The molecule has 284 valence electrons. The normalized spacial score (nSPS) is 13.0. The molecule has 2 heterocycles. The Morgan fingerprint density at radius 2 is 1.51 bits per heavy atom. The second-order valence-corrected chi connectivity index (χ2v) is 26.6. The van der Waals surface area contributed by atoms with Crippen molar-refractivity contribution >= 4 is 60.2 Å². The summed E-state index contributed by atoms with van der Waals surface area (Å²) in [5, 5.41) is 2.10. The molecule has 7 heteroatoms. The zero-order valence-corrected chi connectivity index (χ0v) is 37.4. The second kappa shape index (κ2) is 16.6. The van der Waals surface area contributed by atoms with Gasteiger partial charge in [-0.05, 0) is 58.1 Å². The van der Waals surface area contributed by atoms with Crippen LogP contribution in [-0.2, 0) is 20.1 Å². The molecule has 0 aliphatic carbocycles. The first-order valence-electron chi connectivity index (χ1n) is 20.4. The van der Waals surface area contributed by atoms with Crippen molar-refractivity contribution in [3.8, 4) is 39.3 Å². The van der Waals surface area contributed by atoms with Crippen LogP contribution in [0.1, 0.15) is 36.4 Å². The maximum Gasteiger partial charge on any atom is 3.00 e. The van der Waals surface area contributed by atoms with E-state index < -0.39 is 37.6 Å². The summed E-state index contributed by atoms with van der Waals surface area (Å²) in [6, 6.07) is 50.5. The molecule has 0 saturated carbocycles. The van der Waals surface area contributed by atoms with Gasteiger partial charge in [0.1, 0.15) is 11.6 Å². The van der Waals surface area contributed by atoms with Gasteiger partial charge in [-0.1, -0.05) is 59.5 Å². The molecule has 9 rings (SSSR count). The average molecular weight is 1010 g/mol. The molecule has 0 amide bonds. The van der Waals surface area contributed by atoms with Crippen molar-refractivity contribution in [2.24, 2.45) is 0 Å². The van der Waals surface area contributed by atoms with Gasteiger partial charge in [0.2, 0.25) is 0 Å². The summed E-state index contributed by atoms with van der Waals surface area (Å²) in [5.41, 5.74) is 7.34. The van der Waals surface area contributed by atoms with Crippen molar-refractivity contribution < 1.29 is 34.4 Å². The van der Waals surface area contributed by atoms with Crippen LogP contribution < -0.4 is 4.40 Å². The molecule has 9 aromatic rings. The molecule has 0 aliphatic heterocycles. The molecule has 0 unspecified atom stereocenters.